The third-order valence-corrected chi connectivity index (χ3v) is 5.90. The molecule has 1 saturated heterocycles. The van der Waals surface area contributed by atoms with Crippen molar-refractivity contribution in [3.63, 3.8) is 0 Å². The number of rotatable bonds is 4. The van der Waals surface area contributed by atoms with Crippen LogP contribution in [0.4, 0.5) is 10.1 Å². The molecule has 152 valence electrons. The molecule has 9 heteroatoms. The molecule has 8 nitrogen and oxygen atoms in total. The predicted octanol–water partition coefficient (Wildman–Crippen LogP) is 0.957. The lowest BCUT2D eigenvalue weighted by atomic mass is 9.90. The molecule has 2 fully saturated rings. The summed E-state index contributed by atoms with van der Waals surface area (Å²) in [6, 6.07) is 1.05. The average molecular weight is 392 g/mol. The van der Waals surface area contributed by atoms with E-state index in [-0.39, 0.29) is 34.3 Å². The summed E-state index contributed by atoms with van der Waals surface area (Å²) in [7, 11) is 1.40. The maximum atomic E-state index is 15.1. The van der Waals surface area contributed by atoms with E-state index < -0.39 is 22.7 Å². The molecule has 28 heavy (non-hydrogen) atoms. The van der Waals surface area contributed by atoms with Crippen molar-refractivity contribution < 1.29 is 14.2 Å². The quantitative estimate of drug-likeness (QED) is 0.752. The number of hydrogen-bond donors (Lipinski definition) is 2. The van der Waals surface area contributed by atoms with Crippen molar-refractivity contribution in [1.82, 2.24) is 9.24 Å². The van der Waals surface area contributed by atoms with Crippen molar-refractivity contribution in [1.29, 1.82) is 0 Å². The van der Waals surface area contributed by atoms with Crippen LogP contribution in [0.25, 0.3) is 10.9 Å². The highest BCUT2D eigenvalue weighted by atomic mass is 19.1. The first-order chi connectivity index (χ1) is 13.1. The molecule has 2 aromatic rings. The minimum atomic E-state index is -0.890. The van der Waals surface area contributed by atoms with Gasteiger partial charge in [0.25, 0.3) is 5.56 Å². The van der Waals surface area contributed by atoms with Crippen LogP contribution < -0.4 is 26.7 Å². The Morgan fingerprint density at radius 2 is 1.96 bits per heavy atom. The lowest BCUT2D eigenvalue weighted by molar-refractivity contribution is 0.0263. The van der Waals surface area contributed by atoms with Crippen molar-refractivity contribution in [2.24, 2.45) is 5.92 Å². The maximum Gasteiger partial charge on any atom is 0.350 e. The second-order valence-electron chi connectivity index (χ2n) is 8.28. The zero-order chi connectivity index (χ0) is 20.4. The fourth-order valence-corrected chi connectivity index (χ4v) is 4.14. The Labute approximate surface area is 160 Å². The van der Waals surface area contributed by atoms with E-state index in [1.54, 1.807) is 13.8 Å². The van der Waals surface area contributed by atoms with Gasteiger partial charge in [0.15, 0.2) is 11.6 Å². The number of ether oxygens (including phenoxy) is 1. The number of nitrogens with zero attached hydrogens (tertiary/aromatic N) is 3. The van der Waals surface area contributed by atoms with Gasteiger partial charge in [0.05, 0.1) is 18.1 Å². The third-order valence-electron chi connectivity index (χ3n) is 5.90. The van der Waals surface area contributed by atoms with Gasteiger partial charge in [0, 0.05) is 25.0 Å². The third kappa shape index (κ3) is 2.76. The number of nitrogens with two attached hydrogens (primary N) is 1. The van der Waals surface area contributed by atoms with Crippen LogP contribution in [0.2, 0.25) is 0 Å². The van der Waals surface area contributed by atoms with Crippen LogP contribution in [0.1, 0.15) is 39.2 Å². The normalized spacial score (nSPS) is 20.2. The summed E-state index contributed by atoms with van der Waals surface area (Å²) >= 11 is 0. The fourth-order valence-electron chi connectivity index (χ4n) is 4.14. The first-order valence-electron chi connectivity index (χ1n) is 9.45. The van der Waals surface area contributed by atoms with Crippen LogP contribution in [-0.4, -0.2) is 40.2 Å². The highest BCUT2D eigenvalue weighted by molar-refractivity contribution is 5.91. The van der Waals surface area contributed by atoms with Crippen LogP contribution in [0.15, 0.2) is 15.7 Å². The van der Waals surface area contributed by atoms with Gasteiger partial charge in [0.1, 0.15) is 11.2 Å². The van der Waals surface area contributed by atoms with Gasteiger partial charge >= 0.3 is 5.69 Å². The number of halogens is 1. The van der Waals surface area contributed by atoms with Gasteiger partial charge in [-0.15, -0.1) is 0 Å². The number of anilines is 1. The predicted molar refractivity (Wildman–Crippen MR) is 104 cm³/mol. The Bertz CT molecular complexity index is 1060. The Morgan fingerprint density at radius 1 is 1.29 bits per heavy atom. The summed E-state index contributed by atoms with van der Waals surface area (Å²) in [6.45, 7) is 4.46. The van der Waals surface area contributed by atoms with Gasteiger partial charge in [-0.2, -0.15) is 4.68 Å². The van der Waals surface area contributed by atoms with Gasteiger partial charge in [-0.05, 0) is 39.2 Å². The molecule has 0 amide bonds. The topological polar surface area (TPSA) is 103 Å². The minimum Gasteiger partial charge on any atom is -0.492 e. The Kier molecular flexibility index (Phi) is 4.18. The molecule has 1 unspecified atom stereocenters. The number of nitrogen functional groups attached to an aromatic ring is 1. The number of hydrogen-bond acceptors (Lipinski definition) is 6. The Morgan fingerprint density at radius 3 is 2.50 bits per heavy atom. The van der Waals surface area contributed by atoms with E-state index in [4.69, 9.17) is 10.6 Å². The first-order valence-corrected chi connectivity index (χ1v) is 9.45. The first kappa shape index (κ1) is 18.8. The molecule has 1 aliphatic carbocycles. The molecule has 2 heterocycles. The summed E-state index contributed by atoms with van der Waals surface area (Å²) in [4.78, 5) is 27.0. The summed E-state index contributed by atoms with van der Waals surface area (Å²) in [5.74, 6) is 5.17. The molecule has 1 saturated carbocycles. The maximum absolute atomic E-state index is 15.1. The highest BCUT2D eigenvalue weighted by Gasteiger charge is 2.37. The van der Waals surface area contributed by atoms with E-state index in [9.17, 15) is 14.7 Å². The van der Waals surface area contributed by atoms with Crippen LogP contribution in [0.3, 0.4) is 0 Å². The van der Waals surface area contributed by atoms with Gasteiger partial charge in [0.2, 0.25) is 0 Å². The molecule has 4 rings (SSSR count). The van der Waals surface area contributed by atoms with E-state index in [0.29, 0.717) is 24.2 Å². The van der Waals surface area contributed by atoms with Gasteiger partial charge in [-0.3, -0.25) is 9.36 Å². The molecule has 1 aromatic carbocycles. The van der Waals surface area contributed by atoms with Crippen molar-refractivity contribution in [2.45, 2.75) is 44.8 Å². The monoisotopic (exact) mass is 392 g/mol. The molecule has 3 N–H and O–H groups in total. The van der Waals surface area contributed by atoms with E-state index >= 15 is 4.39 Å². The van der Waals surface area contributed by atoms with Crippen LogP contribution in [0, 0.1) is 11.7 Å². The van der Waals surface area contributed by atoms with Crippen LogP contribution in [-0.2, 0) is 0 Å². The van der Waals surface area contributed by atoms with Gasteiger partial charge in [-0.25, -0.2) is 9.18 Å². The molecule has 1 aromatic heterocycles. The summed E-state index contributed by atoms with van der Waals surface area (Å²) < 4.78 is 22.7. The second-order valence-corrected chi connectivity index (χ2v) is 8.28. The van der Waals surface area contributed by atoms with E-state index in [1.807, 2.05) is 4.90 Å². The van der Waals surface area contributed by atoms with Crippen molar-refractivity contribution in [2.75, 3.05) is 30.9 Å². The summed E-state index contributed by atoms with van der Waals surface area (Å²) in [5, 5.41) is 10.3. The van der Waals surface area contributed by atoms with E-state index in [1.165, 1.54) is 11.7 Å². The largest absolute Gasteiger partial charge is 0.492 e. The SMILES string of the molecule is COc1c(N2CCC(C(C)(C)O)C2)c(F)cc2c(=O)n(N)c(=O)n(C3CC3)c12. The molecule has 2 aliphatic rings. The van der Waals surface area contributed by atoms with Crippen LogP contribution in [0.5, 0.6) is 5.75 Å². The Hall–Kier alpha value is -2.55. The standard InChI is InChI=1S/C19H25FN4O4/c1-19(2,27)10-6-7-22(9-10)15-13(20)8-12-14(16(15)28-3)23(11-4-5-11)18(26)24(21)17(12)25/h8,10-11,27H,4-7,9,21H2,1-3H3. The molecule has 1 atom stereocenters. The van der Waals surface area contributed by atoms with E-state index in [0.717, 1.165) is 18.9 Å². The number of aliphatic hydroxyl groups is 1. The summed E-state index contributed by atoms with van der Waals surface area (Å²) in [6.07, 6.45) is 2.27. The van der Waals surface area contributed by atoms with Gasteiger partial charge in [-0.1, -0.05) is 0 Å². The fraction of sp³-hybridized carbons (Fsp3) is 0.579. The van der Waals surface area contributed by atoms with Crippen molar-refractivity contribution >= 4 is 16.6 Å². The van der Waals surface area contributed by atoms with Crippen molar-refractivity contribution in [3.8, 4) is 5.75 Å². The zero-order valence-electron chi connectivity index (χ0n) is 16.2. The second kappa shape index (κ2) is 6.23. The molecule has 0 radical (unpaired) electrons. The number of fused-ring (bicyclic) bond motifs is 1. The lowest BCUT2D eigenvalue weighted by Gasteiger charge is -2.27. The molecule has 0 spiro atoms. The molecule has 1 aliphatic heterocycles. The smallest absolute Gasteiger partial charge is 0.350 e. The summed E-state index contributed by atoms with van der Waals surface area (Å²) in [5.41, 5.74) is -1.78. The number of methoxy groups -OCH3 is 1. The molecular formula is C19H25FN4O4. The number of aromatic nitrogens is 2. The average Bonchev–Trinajstić information content (AvgIpc) is 3.33. The van der Waals surface area contributed by atoms with Crippen molar-refractivity contribution in [3.05, 3.63) is 32.7 Å². The molecule has 0 bridgehead atoms. The lowest BCUT2D eigenvalue weighted by Crippen LogP contribution is -2.44. The number of benzene rings is 1. The van der Waals surface area contributed by atoms with E-state index in [2.05, 4.69) is 0 Å². The van der Waals surface area contributed by atoms with Crippen LogP contribution >= 0.6 is 0 Å². The zero-order valence-corrected chi connectivity index (χ0v) is 16.2. The minimum absolute atomic E-state index is 0.0188. The van der Waals surface area contributed by atoms with Gasteiger partial charge < -0.3 is 20.6 Å². The molecular weight excluding hydrogens is 367 g/mol. The Balaban J connectivity index is 1.98. The highest BCUT2D eigenvalue weighted by Crippen LogP contribution is 2.44.